The SMILES string of the molecule is Cc1ccc2c(c1)[C@@]1(CCNC1)C(=O)N2. The van der Waals surface area contributed by atoms with Crippen molar-refractivity contribution < 1.29 is 4.79 Å². The second-order valence-electron chi connectivity index (χ2n) is 4.51. The maximum Gasteiger partial charge on any atom is 0.236 e. The number of hydrogen-bond acceptors (Lipinski definition) is 2. The molecule has 3 nitrogen and oxygen atoms in total. The molecular formula is C12H14N2O. The quantitative estimate of drug-likeness (QED) is 0.663. The van der Waals surface area contributed by atoms with Crippen molar-refractivity contribution in [3.63, 3.8) is 0 Å². The zero-order valence-corrected chi connectivity index (χ0v) is 8.76. The van der Waals surface area contributed by atoms with Crippen LogP contribution in [-0.2, 0) is 10.2 Å². The number of fused-ring (bicyclic) bond motifs is 2. The van der Waals surface area contributed by atoms with Crippen molar-refractivity contribution in [2.24, 2.45) is 0 Å². The first-order valence-corrected chi connectivity index (χ1v) is 5.36. The van der Waals surface area contributed by atoms with Crippen LogP contribution in [0.1, 0.15) is 17.5 Å². The molecule has 1 saturated heterocycles. The minimum absolute atomic E-state index is 0.160. The van der Waals surface area contributed by atoms with Crippen molar-refractivity contribution in [2.75, 3.05) is 18.4 Å². The lowest BCUT2D eigenvalue weighted by atomic mass is 9.80. The van der Waals surface area contributed by atoms with Crippen molar-refractivity contribution in [3.05, 3.63) is 29.3 Å². The van der Waals surface area contributed by atoms with E-state index in [0.717, 1.165) is 25.2 Å². The average molecular weight is 202 g/mol. The van der Waals surface area contributed by atoms with E-state index < -0.39 is 0 Å². The second-order valence-corrected chi connectivity index (χ2v) is 4.51. The van der Waals surface area contributed by atoms with E-state index in [9.17, 15) is 4.79 Å². The summed E-state index contributed by atoms with van der Waals surface area (Å²) in [5.74, 6) is 0.160. The Kier molecular flexibility index (Phi) is 1.68. The summed E-state index contributed by atoms with van der Waals surface area (Å²) < 4.78 is 0. The third kappa shape index (κ3) is 1.07. The van der Waals surface area contributed by atoms with E-state index in [1.807, 2.05) is 12.1 Å². The van der Waals surface area contributed by atoms with Gasteiger partial charge in [-0.1, -0.05) is 17.7 Å². The smallest absolute Gasteiger partial charge is 0.236 e. The molecule has 0 bridgehead atoms. The number of carbonyl (C=O) groups is 1. The van der Waals surface area contributed by atoms with Gasteiger partial charge in [0.05, 0.1) is 5.41 Å². The summed E-state index contributed by atoms with van der Waals surface area (Å²) in [6.45, 7) is 3.77. The molecule has 1 atom stereocenters. The Morgan fingerprint density at radius 2 is 2.27 bits per heavy atom. The number of benzene rings is 1. The number of hydrogen-bond donors (Lipinski definition) is 2. The highest BCUT2D eigenvalue weighted by Crippen LogP contribution is 2.42. The number of anilines is 1. The fourth-order valence-electron chi connectivity index (χ4n) is 2.64. The molecule has 2 N–H and O–H groups in total. The Bertz CT molecular complexity index is 433. The summed E-state index contributed by atoms with van der Waals surface area (Å²) in [5, 5.41) is 6.26. The molecule has 1 fully saturated rings. The molecule has 2 aliphatic heterocycles. The van der Waals surface area contributed by atoms with Crippen LogP contribution in [0.4, 0.5) is 5.69 Å². The molecular weight excluding hydrogens is 188 g/mol. The van der Waals surface area contributed by atoms with Crippen LogP contribution < -0.4 is 10.6 Å². The molecule has 15 heavy (non-hydrogen) atoms. The van der Waals surface area contributed by atoms with Gasteiger partial charge in [-0.15, -0.1) is 0 Å². The zero-order valence-electron chi connectivity index (χ0n) is 8.76. The largest absolute Gasteiger partial charge is 0.325 e. The van der Waals surface area contributed by atoms with E-state index >= 15 is 0 Å². The van der Waals surface area contributed by atoms with Crippen LogP contribution >= 0.6 is 0 Å². The fourth-order valence-corrected chi connectivity index (χ4v) is 2.64. The Morgan fingerprint density at radius 3 is 3.00 bits per heavy atom. The van der Waals surface area contributed by atoms with Gasteiger partial charge in [-0.2, -0.15) is 0 Å². The molecule has 78 valence electrons. The predicted octanol–water partition coefficient (Wildman–Crippen LogP) is 1.18. The van der Waals surface area contributed by atoms with E-state index in [4.69, 9.17) is 0 Å². The summed E-state index contributed by atoms with van der Waals surface area (Å²) >= 11 is 0. The maximum atomic E-state index is 12.0. The lowest BCUT2D eigenvalue weighted by Crippen LogP contribution is -2.36. The van der Waals surface area contributed by atoms with Gasteiger partial charge in [0.15, 0.2) is 0 Å². The standard InChI is InChI=1S/C12H14N2O/c1-8-2-3-10-9(6-8)12(11(15)14-10)4-5-13-7-12/h2-3,6,13H,4-5,7H2,1H3,(H,14,15)/t12-/m0/s1. The molecule has 0 aromatic heterocycles. The van der Waals surface area contributed by atoms with Crippen LogP contribution in [0.25, 0.3) is 0 Å². The topological polar surface area (TPSA) is 41.1 Å². The van der Waals surface area contributed by atoms with Crippen molar-refractivity contribution >= 4 is 11.6 Å². The minimum Gasteiger partial charge on any atom is -0.325 e. The average Bonchev–Trinajstić information content (AvgIpc) is 2.78. The summed E-state index contributed by atoms with van der Waals surface area (Å²) in [6, 6.07) is 6.19. The van der Waals surface area contributed by atoms with Gasteiger partial charge >= 0.3 is 0 Å². The number of amides is 1. The molecule has 0 radical (unpaired) electrons. The second kappa shape index (κ2) is 2.83. The van der Waals surface area contributed by atoms with Gasteiger partial charge in [-0.05, 0) is 31.5 Å². The van der Waals surface area contributed by atoms with E-state index in [2.05, 4.69) is 23.6 Å². The van der Waals surface area contributed by atoms with Crippen molar-refractivity contribution in [1.29, 1.82) is 0 Å². The summed E-state index contributed by atoms with van der Waals surface area (Å²) in [5.41, 5.74) is 3.10. The molecule has 2 heterocycles. The van der Waals surface area contributed by atoms with E-state index in [1.54, 1.807) is 0 Å². The highest BCUT2D eigenvalue weighted by Gasteiger charge is 2.48. The normalized spacial score (nSPS) is 28.2. The third-order valence-corrected chi connectivity index (χ3v) is 3.53. The van der Waals surface area contributed by atoms with Gasteiger partial charge in [0.1, 0.15) is 0 Å². The van der Waals surface area contributed by atoms with Crippen LogP contribution in [0.3, 0.4) is 0 Å². The van der Waals surface area contributed by atoms with Crippen molar-refractivity contribution in [2.45, 2.75) is 18.8 Å². The van der Waals surface area contributed by atoms with Gasteiger partial charge in [-0.3, -0.25) is 4.79 Å². The molecule has 1 aromatic carbocycles. The van der Waals surface area contributed by atoms with Gasteiger partial charge in [0, 0.05) is 12.2 Å². The highest BCUT2D eigenvalue weighted by atomic mass is 16.2. The van der Waals surface area contributed by atoms with Crippen LogP contribution in [-0.4, -0.2) is 19.0 Å². The Labute approximate surface area is 88.9 Å². The Morgan fingerprint density at radius 1 is 1.40 bits per heavy atom. The molecule has 0 saturated carbocycles. The number of carbonyl (C=O) groups excluding carboxylic acids is 1. The van der Waals surface area contributed by atoms with Gasteiger partial charge in [0.25, 0.3) is 0 Å². The summed E-state index contributed by atoms with van der Waals surface area (Å²) in [7, 11) is 0. The summed E-state index contributed by atoms with van der Waals surface area (Å²) in [4.78, 5) is 12.0. The third-order valence-electron chi connectivity index (χ3n) is 3.53. The van der Waals surface area contributed by atoms with Crippen LogP contribution in [0, 0.1) is 6.92 Å². The molecule has 2 aliphatic rings. The molecule has 3 heteroatoms. The number of rotatable bonds is 0. The van der Waals surface area contributed by atoms with Crippen LogP contribution in [0.15, 0.2) is 18.2 Å². The van der Waals surface area contributed by atoms with E-state index in [0.29, 0.717) is 0 Å². The first-order chi connectivity index (χ1) is 7.22. The van der Waals surface area contributed by atoms with Crippen LogP contribution in [0.2, 0.25) is 0 Å². The van der Waals surface area contributed by atoms with E-state index in [-0.39, 0.29) is 11.3 Å². The Balaban J connectivity index is 2.19. The van der Waals surface area contributed by atoms with Crippen LogP contribution in [0.5, 0.6) is 0 Å². The molecule has 0 unspecified atom stereocenters. The number of aryl methyl sites for hydroxylation is 1. The lowest BCUT2D eigenvalue weighted by molar-refractivity contribution is -0.120. The molecule has 1 spiro atoms. The fraction of sp³-hybridized carbons (Fsp3) is 0.417. The van der Waals surface area contributed by atoms with Gasteiger partial charge in [-0.25, -0.2) is 0 Å². The van der Waals surface area contributed by atoms with Gasteiger partial charge in [0.2, 0.25) is 5.91 Å². The minimum atomic E-state index is -0.290. The van der Waals surface area contributed by atoms with Gasteiger partial charge < -0.3 is 10.6 Å². The maximum absolute atomic E-state index is 12.0. The van der Waals surface area contributed by atoms with Crippen molar-refractivity contribution in [3.8, 4) is 0 Å². The number of nitrogens with one attached hydrogen (secondary N) is 2. The highest BCUT2D eigenvalue weighted by molar-refractivity contribution is 6.06. The molecule has 3 rings (SSSR count). The van der Waals surface area contributed by atoms with Crippen molar-refractivity contribution in [1.82, 2.24) is 5.32 Å². The Hall–Kier alpha value is -1.35. The molecule has 0 aliphatic carbocycles. The summed E-state index contributed by atoms with van der Waals surface area (Å²) in [6.07, 6.45) is 0.912. The first kappa shape index (κ1) is 8.92. The monoisotopic (exact) mass is 202 g/mol. The molecule has 1 amide bonds. The lowest BCUT2D eigenvalue weighted by Gasteiger charge is -2.19. The molecule has 1 aromatic rings. The first-order valence-electron chi connectivity index (χ1n) is 5.36. The zero-order chi connectivity index (χ0) is 10.5. The predicted molar refractivity (Wildman–Crippen MR) is 59.0 cm³/mol. The van der Waals surface area contributed by atoms with E-state index in [1.165, 1.54) is 11.1 Å².